The van der Waals surface area contributed by atoms with Crippen LogP contribution < -0.4 is 0 Å². The van der Waals surface area contributed by atoms with Gasteiger partial charge in [-0.15, -0.1) is 0 Å². The molecule has 19 heavy (non-hydrogen) atoms. The van der Waals surface area contributed by atoms with Gasteiger partial charge in [0.25, 0.3) is 0 Å². The van der Waals surface area contributed by atoms with Gasteiger partial charge >= 0.3 is 0 Å². The maximum atomic E-state index is 12.6. The molecule has 2 aliphatic heterocycles. The van der Waals surface area contributed by atoms with Gasteiger partial charge in [0.2, 0.25) is 10.0 Å². The van der Waals surface area contributed by atoms with Crippen molar-refractivity contribution in [2.24, 2.45) is 0 Å². The molecule has 2 aliphatic rings. The molecule has 2 rings (SSSR count). The minimum atomic E-state index is -3.18. The van der Waals surface area contributed by atoms with E-state index in [1.807, 2.05) is 18.7 Å². The van der Waals surface area contributed by atoms with Crippen LogP contribution in [0.3, 0.4) is 0 Å². The van der Waals surface area contributed by atoms with Crippen LogP contribution in [0.25, 0.3) is 0 Å². The Kier molecular flexibility index (Phi) is 4.87. The maximum Gasteiger partial charge on any atom is 0.217 e. The van der Waals surface area contributed by atoms with Crippen LogP contribution in [0, 0.1) is 0 Å². The highest BCUT2D eigenvalue weighted by Gasteiger charge is 2.41. The number of rotatable bonds is 4. The zero-order valence-electron chi connectivity index (χ0n) is 12.0. The van der Waals surface area contributed by atoms with E-state index in [1.54, 1.807) is 4.31 Å². The SMILES string of the molecule is CCC(CC)S(=O)(=O)N1CCCCN2[C@H](C[C@H]2O)C1. The molecule has 2 fully saturated rings. The minimum absolute atomic E-state index is 0.208. The van der Waals surface area contributed by atoms with Crippen molar-refractivity contribution in [2.45, 2.75) is 63.5 Å². The van der Waals surface area contributed by atoms with E-state index in [-0.39, 0.29) is 17.5 Å². The average Bonchev–Trinajstić information content (AvgIpc) is 2.33. The standard InChI is InChI=1S/C13H26N2O3S/c1-3-12(4-2)19(17,18)14-7-5-6-8-15-11(10-14)9-13(15)16/h11-13,16H,3-10H2,1-2H3/t11-,13-/m1/s1. The molecule has 0 radical (unpaired) electrons. The molecule has 0 aliphatic carbocycles. The summed E-state index contributed by atoms with van der Waals surface area (Å²) in [6, 6.07) is 0.208. The summed E-state index contributed by atoms with van der Waals surface area (Å²) in [6.45, 7) is 5.96. The van der Waals surface area contributed by atoms with Crippen molar-refractivity contribution < 1.29 is 13.5 Å². The fourth-order valence-electron chi connectivity index (χ4n) is 3.19. The molecule has 6 heteroatoms. The summed E-state index contributed by atoms with van der Waals surface area (Å²) in [4.78, 5) is 2.04. The summed E-state index contributed by atoms with van der Waals surface area (Å²) in [5.41, 5.74) is 0. The Balaban J connectivity index is 2.10. The van der Waals surface area contributed by atoms with E-state index in [4.69, 9.17) is 0 Å². The van der Waals surface area contributed by atoms with Gasteiger partial charge in [-0.3, -0.25) is 4.90 Å². The van der Waals surface area contributed by atoms with Crippen LogP contribution in [0.1, 0.15) is 46.0 Å². The lowest BCUT2D eigenvalue weighted by Crippen LogP contribution is -2.62. The van der Waals surface area contributed by atoms with Gasteiger partial charge in [-0.1, -0.05) is 13.8 Å². The number of sulfonamides is 1. The molecule has 0 amide bonds. The second kappa shape index (κ2) is 6.08. The first-order valence-electron chi connectivity index (χ1n) is 7.43. The summed E-state index contributed by atoms with van der Waals surface area (Å²) >= 11 is 0. The third-order valence-electron chi connectivity index (χ3n) is 4.51. The monoisotopic (exact) mass is 290 g/mol. The third kappa shape index (κ3) is 2.96. The van der Waals surface area contributed by atoms with Crippen LogP contribution in [-0.4, -0.2) is 59.9 Å². The van der Waals surface area contributed by atoms with Crippen molar-refractivity contribution in [2.75, 3.05) is 19.6 Å². The molecule has 0 saturated carbocycles. The van der Waals surface area contributed by atoms with Crippen LogP contribution in [0.15, 0.2) is 0 Å². The summed E-state index contributed by atoms with van der Waals surface area (Å²) in [7, 11) is -3.18. The summed E-state index contributed by atoms with van der Waals surface area (Å²) in [5.74, 6) is 0. The first-order chi connectivity index (χ1) is 9.00. The van der Waals surface area contributed by atoms with Gasteiger partial charge in [-0.05, 0) is 25.7 Å². The number of nitrogens with zero attached hydrogens (tertiary/aromatic N) is 2. The fourth-order valence-corrected chi connectivity index (χ4v) is 5.22. The number of hydrogen-bond acceptors (Lipinski definition) is 4. The normalized spacial score (nSPS) is 30.5. The average molecular weight is 290 g/mol. The Morgan fingerprint density at radius 1 is 1.21 bits per heavy atom. The first kappa shape index (κ1) is 15.2. The van der Waals surface area contributed by atoms with Crippen LogP contribution in [-0.2, 0) is 10.0 Å². The molecule has 112 valence electrons. The molecule has 0 bridgehead atoms. The maximum absolute atomic E-state index is 12.6. The highest BCUT2D eigenvalue weighted by Crippen LogP contribution is 2.29. The second-order valence-electron chi connectivity index (χ2n) is 5.66. The number of aliphatic hydroxyl groups is 1. The van der Waals surface area contributed by atoms with E-state index in [1.165, 1.54) is 0 Å². The largest absolute Gasteiger partial charge is 0.378 e. The molecule has 2 saturated heterocycles. The Hall–Kier alpha value is -0.170. The van der Waals surface area contributed by atoms with Crippen molar-refractivity contribution in [1.29, 1.82) is 0 Å². The molecular formula is C13H26N2O3S. The summed E-state index contributed by atoms with van der Waals surface area (Å²) in [5, 5.41) is 9.45. The fraction of sp³-hybridized carbons (Fsp3) is 1.00. The predicted molar refractivity (Wildman–Crippen MR) is 75.2 cm³/mol. The van der Waals surface area contributed by atoms with E-state index in [0.717, 1.165) is 19.4 Å². The minimum Gasteiger partial charge on any atom is -0.378 e. The van der Waals surface area contributed by atoms with Crippen molar-refractivity contribution in [1.82, 2.24) is 9.21 Å². The molecule has 0 aromatic rings. The Morgan fingerprint density at radius 3 is 2.42 bits per heavy atom. The molecule has 0 spiro atoms. The van der Waals surface area contributed by atoms with E-state index in [0.29, 0.717) is 32.4 Å². The van der Waals surface area contributed by atoms with Crippen molar-refractivity contribution in [3.63, 3.8) is 0 Å². The van der Waals surface area contributed by atoms with E-state index < -0.39 is 10.0 Å². The molecular weight excluding hydrogens is 264 g/mol. The van der Waals surface area contributed by atoms with E-state index in [9.17, 15) is 13.5 Å². The van der Waals surface area contributed by atoms with Crippen molar-refractivity contribution in [3.8, 4) is 0 Å². The molecule has 0 unspecified atom stereocenters. The molecule has 0 aromatic carbocycles. The zero-order chi connectivity index (χ0) is 14.0. The van der Waals surface area contributed by atoms with Crippen LogP contribution >= 0.6 is 0 Å². The van der Waals surface area contributed by atoms with Gasteiger partial charge in [-0.2, -0.15) is 0 Å². The topological polar surface area (TPSA) is 60.9 Å². The second-order valence-corrected chi connectivity index (χ2v) is 7.87. The molecule has 0 aromatic heterocycles. The quantitative estimate of drug-likeness (QED) is 0.839. The first-order valence-corrected chi connectivity index (χ1v) is 8.93. The van der Waals surface area contributed by atoms with Gasteiger partial charge in [0.1, 0.15) is 6.23 Å². The highest BCUT2D eigenvalue weighted by molar-refractivity contribution is 7.89. The molecule has 2 heterocycles. The lowest BCUT2D eigenvalue weighted by atomic mass is 9.98. The Bertz CT molecular complexity index is 395. The van der Waals surface area contributed by atoms with E-state index >= 15 is 0 Å². The van der Waals surface area contributed by atoms with Crippen molar-refractivity contribution in [3.05, 3.63) is 0 Å². The summed E-state index contributed by atoms with van der Waals surface area (Å²) < 4.78 is 26.9. The van der Waals surface area contributed by atoms with Crippen LogP contribution in [0.5, 0.6) is 0 Å². The third-order valence-corrected chi connectivity index (χ3v) is 7.08. The van der Waals surface area contributed by atoms with Crippen LogP contribution in [0.2, 0.25) is 0 Å². The molecule has 5 nitrogen and oxygen atoms in total. The van der Waals surface area contributed by atoms with Gasteiger partial charge < -0.3 is 5.11 Å². The predicted octanol–water partition coefficient (Wildman–Crippen LogP) is 0.993. The highest BCUT2D eigenvalue weighted by atomic mass is 32.2. The molecule has 1 N–H and O–H groups in total. The number of hydrogen-bond donors (Lipinski definition) is 1. The van der Waals surface area contributed by atoms with Crippen molar-refractivity contribution >= 4 is 10.0 Å². The van der Waals surface area contributed by atoms with Crippen LogP contribution in [0.4, 0.5) is 0 Å². The smallest absolute Gasteiger partial charge is 0.217 e. The molecule has 2 atom stereocenters. The number of fused-ring (bicyclic) bond motifs is 1. The Labute approximate surface area is 116 Å². The Morgan fingerprint density at radius 2 is 1.84 bits per heavy atom. The van der Waals surface area contributed by atoms with Gasteiger partial charge in [-0.25, -0.2) is 12.7 Å². The van der Waals surface area contributed by atoms with Gasteiger partial charge in [0, 0.05) is 32.1 Å². The summed E-state index contributed by atoms with van der Waals surface area (Å²) in [6.07, 6.45) is 3.53. The van der Waals surface area contributed by atoms with Gasteiger partial charge in [0.05, 0.1) is 5.25 Å². The zero-order valence-corrected chi connectivity index (χ0v) is 12.8. The van der Waals surface area contributed by atoms with Gasteiger partial charge in [0.15, 0.2) is 0 Å². The lowest BCUT2D eigenvalue weighted by Gasteiger charge is -2.48. The number of aliphatic hydroxyl groups excluding tert-OH is 1. The lowest BCUT2D eigenvalue weighted by molar-refractivity contribution is -0.126. The van der Waals surface area contributed by atoms with E-state index in [2.05, 4.69) is 0 Å².